The molecule has 1 aliphatic heterocycles. The lowest BCUT2D eigenvalue weighted by molar-refractivity contribution is -0.136. The largest absolute Gasteiger partial charge is 0.467 e. The quantitative estimate of drug-likeness (QED) is 0.373. The fraction of sp³-hybridized carbons (Fsp3) is 0.111. The molecule has 0 saturated carbocycles. The minimum atomic E-state index is -0.675. The summed E-state index contributed by atoms with van der Waals surface area (Å²) in [4.78, 5) is 26.1. The lowest BCUT2D eigenvalue weighted by Gasteiger charge is -2.19. The number of carbonyl (C=O) groups is 2. The number of nitrogens with zero attached hydrogens (tertiary/aromatic N) is 3. The van der Waals surface area contributed by atoms with Gasteiger partial charge in [0.25, 0.3) is 5.91 Å². The summed E-state index contributed by atoms with van der Waals surface area (Å²) >= 11 is 0. The van der Waals surface area contributed by atoms with Crippen LogP contribution in [0.2, 0.25) is 0 Å². The molecule has 0 N–H and O–H groups in total. The number of hydrazone groups is 1. The summed E-state index contributed by atoms with van der Waals surface area (Å²) in [5.41, 5.74) is 2.44. The van der Waals surface area contributed by atoms with E-state index in [0.29, 0.717) is 40.3 Å². The van der Waals surface area contributed by atoms with Gasteiger partial charge < -0.3 is 13.6 Å². The number of esters is 1. The molecule has 4 aromatic rings. The maximum atomic E-state index is 13.1. The van der Waals surface area contributed by atoms with Crippen LogP contribution in [-0.2, 0) is 9.53 Å². The molecule has 1 amide bonds. The van der Waals surface area contributed by atoms with Crippen LogP contribution in [-0.4, -0.2) is 29.2 Å². The van der Waals surface area contributed by atoms with Gasteiger partial charge in [-0.05, 0) is 42.0 Å². The van der Waals surface area contributed by atoms with Crippen molar-refractivity contribution < 1.29 is 23.2 Å². The third-order valence-electron chi connectivity index (χ3n) is 5.65. The van der Waals surface area contributed by atoms with Crippen molar-refractivity contribution >= 4 is 17.6 Å². The molecule has 8 heteroatoms. The van der Waals surface area contributed by atoms with Crippen LogP contribution in [0.1, 0.15) is 39.9 Å². The molecule has 172 valence electrons. The second-order valence-corrected chi connectivity index (χ2v) is 7.78. The van der Waals surface area contributed by atoms with Gasteiger partial charge in [0.15, 0.2) is 6.61 Å². The van der Waals surface area contributed by atoms with Gasteiger partial charge in [-0.25, -0.2) is 9.80 Å². The molecule has 1 aliphatic rings. The highest BCUT2D eigenvalue weighted by molar-refractivity contribution is 6.02. The average Bonchev–Trinajstić information content (AvgIpc) is 3.68. The Hall–Kier alpha value is -4.90. The van der Waals surface area contributed by atoms with Gasteiger partial charge in [-0.3, -0.25) is 4.79 Å². The topological polar surface area (TPSA) is 109 Å². The van der Waals surface area contributed by atoms with E-state index >= 15 is 0 Å². The van der Waals surface area contributed by atoms with Crippen LogP contribution in [0.3, 0.4) is 0 Å². The van der Waals surface area contributed by atoms with Crippen molar-refractivity contribution in [2.45, 2.75) is 12.5 Å². The van der Waals surface area contributed by atoms with Gasteiger partial charge in [0.2, 0.25) is 0 Å². The van der Waals surface area contributed by atoms with Crippen molar-refractivity contribution in [3.05, 3.63) is 108 Å². The summed E-state index contributed by atoms with van der Waals surface area (Å²) in [5.74, 6) is -0.0609. The summed E-state index contributed by atoms with van der Waals surface area (Å²) in [6.45, 7) is -0.515. The van der Waals surface area contributed by atoms with Gasteiger partial charge in [0.05, 0.1) is 29.7 Å². The van der Waals surface area contributed by atoms with E-state index in [1.54, 1.807) is 72.8 Å². The van der Waals surface area contributed by atoms with Crippen LogP contribution in [0.15, 0.2) is 99.3 Å². The van der Waals surface area contributed by atoms with Gasteiger partial charge >= 0.3 is 5.97 Å². The number of hydrogen-bond acceptors (Lipinski definition) is 7. The zero-order valence-corrected chi connectivity index (χ0v) is 18.5. The third kappa shape index (κ3) is 4.35. The maximum Gasteiger partial charge on any atom is 0.339 e. The molecule has 8 nitrogen and oxygen atoms in total. The van der Waals surface area contributed by atoms with Crippen molar-refractivity contribution in [1.29, 1.82) is 5.26 Å². The van der Waals surface area contributed by atoms with Gasteiger partial charge in [-0.15, -0.1) is 0 Å². The van der Waals surface area contributed by atoms with E-state index in [1.165, 1.54) is 17.5 Å². The number of rotatable bonds is 6. The Morgan fingerprint density at radius 2 is 1.71 bits per heavy atom. The van der Waals surface area contributed by atoms with E-state index in [1.807, 2.05) is 0 Å². The van der Waals surface area contributed by atoms with Crippen LogP contribution in [0.4, 0.5) is 0 Å². The van der Waals surface area contributed by atoms with Gasteiger partial charge in [-0.1, -0.05) is 36.4 Å². The molecule has 0 saturated heterocycles. The molecule has 0 radical (unpaired) electrons. The predicted molar refractivity (Wildman–Crippen MR) is 125 cm³/mol. The second-order valence-electron chi connectivity index (χ2n) is 7.78. The Kier molecular flexibility index (Phi) is 5.97. The molecule has 0 bridgehead atoms. The highest BCUT2D eigenvalue weighted by atomic mass is 16.5. The van der Waals surface area contributed by atoms with Crippen LogP contribution in [0.25, 0.3) is 11.1 Å². The van der Waals surface area contributed by atoms with Crippen molar-refractivity contribution in [3.63, 3.8) is 0 Å². The molecule has 1 unspecified atom stereocenters. The monoisotopic (exact) mass is 465 g/mol. The normalized spacial score (nSPS) is 14.9. The molecule has 2 aromatic carbocycles. The maximum absolute atomic E-state index is 13.1. The molecule has 5 rings (SSSR count). The first kappa shape index (κ1) is 21.9. The van der Waals surface area contributed by atoms with Crippen LogP contribution >= 0.6 is 0 Å². The standard InChI is InChI=1S/C27H19N3O5/c28-16-18-7-1-2-8-19(18)20-9-3-4-10-21(20)27(32)35-17-26(31)30-23(25-12-6-14-34-25)15-22(29-30)24-11-5-13-33-24/h1-14,23H,15,17H2. The molecule has 1 atom stereocenters. The number of nitriles is 1. The van der Waals surface area contributed by atoms with Gasteiger partial charge in [0.1, 0.15) is 23.3 Å². The molecular weight excluding hydrogens is 446 g/mol. The Bertz CT molecular complexity index is 1430. The SMILES string of the molecule is N#Cc1ccccc1-c1ccccc1C(=O)OCC(=O)N1N=C(c2ccco2)CC1c1ccco1. The first-order chi connectivity index (χ1) is 17.2. The molecular formula is C27H19N3O5. The Morgan fingerprint density at radius 3 is 2.46 bits per heavy atom. The van der Waals surface area contributed by atoms with E-state index in [2.05, 4.69) is 11.2 Å². The smallest absolute Gasteiger partial charge is 0.339 e. The summed E-state index contributed by atoms with van der Waals surface area (Å²) < 4.78 is 16.3. The lowest BCUT2D eigenvalue weighted by atomic mass is 9.96. The lowest BCUT2D eigenvalue weighted by Crippen LogP contribution is -2.31. The number of benzene rings is 2. The number of hydrogen-bond donors (Lipinski definition) is 0. The number of ether oxygens (including phenoxy) is 1. The van der Waals surface area contributed by atoms with Crippen molar-refractivity contribution in [1.82, 2.24) is 5.01 Å². The van der Waals surface area contributed by atoms with E-state index in [9.17, 15) is 14.9 Å². The fourth-order valence-electron chi connectivity index (χ4n) is 4.02. The molecule has 0 aliphatic carbocycles. The van der Waals surface area contributed by atoms with Gasteiger partial charge in [0, 0.05) is 12.0 Å². The highest BCUT2D eigenvalue weighted by Gasteiger charge is 2.36. The third-order valence-corrected chi connectivity index (χ3v) is 5.65. The van der Waals surface area contributed by atoms with Crippen molar-refractivity contribution in [2.75, 3.05) is 6.61 Å². The molecule has 35 heavy (non-hydrogen) atoms. The Morgan fingerprint density at radius 1 is 0.971 bits per heavy atom. The molecule has 0 spiro atoms. The van der Waals surface area contributed by atoms with Crippen molar-refractivity contribution in [2.24, 2.45) is 5.10 Å². The van der Waals surface area contributed by atoms with Crippen LogP contribution < -0.4 is 0 Å². The predicted octanol–water partition coefficient (Wildman–Crippen LogP) is 4.95. The number of amides is 1. The Balaban J connectivity index is 1.36. The van der Waals surface area contributed by atoms with Gasteiger partial charge in [-0.2, -0.15) is 10.4 Å². The van der Waals surface area contributed by atoms with Crippen molar-refractivity contribution in [3.8, 4) is 17.2 Å². The van der Waals surface area contributed by atoms with E-state index in [4.69, 9.17) is 13.6 Å². The fourth-order valence-corrected chi connectivity index (χ4v) is 4.02. The summed E-state index contributed by atoms with van der Waals surface area (Å²) in [7, 11) is 0. The second kappa shape index (κ2) is 9.53. The Labute approximate surface area is 200 Å². The van der Waals surface area contributed by atoms with Crippen LogP contribution in [0.5, 0.6) is 0 Å². The van der Waals surface area contributed by atoms with E-state index in [-0.39, 0.29) is 5.56 Å². The summed E-state index contributed by atoms with van der Waals surface area (Å²) in [6, 6.07) is 22.5. The number of carbonyl (C=O) groups excluding carboxylic acids is 2. The van der Waals surface area contributed by atoms with E-state index < -0.39 is 24.5 Å². The molecule has 3 heterocycles. The van der Waals surface area contributed by atoms with Crippen LogP contribution in [0, 0.1) is 11.3 Å². The zero-order chi connectivity index (χ0) is 24.2. The molecule has 2 aromatic heterocycles. The first-order valence-electron chi connectivity index (χ1n) is 10.9. The first-order valence-corrected chi connectivity index (χ1v) is 10.9. The zero-order valence-electron chi connectivity index (χ0n) is 18.5. The minimum Gasteiger partial charge on any atom is -0.467 e. The van der Waals surface area contributed by atoms with E-state index in [0.717, 1.165) is 0 Å². The minimum absolute atomic E-state index is 0.256. The molecule has 0 fully saturated rings. The average molecular weight is 465 g/mol. The highest BCUT2D eigenvalue weighted by Crippen LogP contribution is 2.33. The summed E-state index contributed by atoms with van der Waals surface area (Å²) in [5, 5.41) is 15.1. The number of furan rings is 2. The summed E-state index contributed by atoms with van der Waals surface area (Å²) in [6.07, 6.45) is 3.46.